The number of aromatic hydroxyl groups is 1. The molecular weight excluding hydrogens is 423 g/mol. The molecular formula is C25H25FN4O3. The van der Waals surface area contributed by atoms with Gasteiger partial charge < -0.3 is 15.7 Å². The second-order valence-corrected chi connectivity index (χ2v) is 8.74. The van der Waals surface area contributed by atoms with E-state index in [0.29, 0.717) is 22.5 Å². The van der Waals surface area contributed by atoms with E-state index in [1.807, 2.05) is 6.07 Å². The summed E-state index contributed by atoms with van der Waals surface area (Å²) < 4.78 is 15.2. The van der Waals surface area contributed by atoms with Crippen LogP contribution in [-0.4, -0.2) is 26.8 Å². The Morgan fingerprint density at radius 1 is 1.09 bits per heavy atom. The fourth-order valence-electron chi connectivity index (χ4n) is 3.98. The largest absolute Gasteiger partial charge is 0.507 e. The molecule has 3 N–H and O–H groups in total. The summed E-state index contributed by atoms with van der Waals surface area (Å²) in [5.41, 5.74) is 2.60. The van der Waals surface area contributed by atoms with E-state index in [1.165, 1.54) is 16.8 Å². The van der Waals surface area contributed by atoms with Gasteiger partial charge in [-0.15, -0.1) is 0 Å². The first-order valence-electron chi connectivity index (χ1n) is 11.3. The first-order valence-corrected chi connectivity index (χ1v) is 11.3. The van der Waals surface area contributed by atoms with Crippen LogP contribution in [0.5, 0.6) is 5.75 Å². The summed E-state index contributed by atoms with van der Waals surface area (Å²) in [5, 5.41) is 20.6. The highest BCUT2D eigenvalue weighted by Crippen LogP contribution is 2.39. The molecule has 2 saturated carbocycles. The van der Waals surface area contributed by atoms with Crippen molar-refractivity contribution in [3.05, 3.63) is 65.6 Å². The van der Waals surface area contributed by atoms with E-state index in [2.05, 4.69) is 15.7 Å². The quantitative estimate of drug-likeness (QED) is 0.474. The summed E-state index contributed by atoms with van der Waals surface area (Å²) in [7, 11) is 0. The first-order chi connectivity index (χ1) is 16.0. The highest BCUT2D eigenvalue weighted by molar-refractivity contribution is 5.95. The van der Waals surface area contributed by atoms with E-state index in [4.69, 9.17) is 0 Å². The van der Waals surface area contributed by atoms with Gasteiger partial charge in [-0.3, -0.25) is 4.79 Å². The Labute approximate surface area is 190 Å². The van der Waals surface area contributed by atoms with Gasteiger partial charge in [0.2, 0.25) is 5.91 Å². The number of aromatic nitrogens is 2. The molecule has 2 fully saturated rings. The number of amides is 2. The molecule has 5 rings (SSSR count). The Morgan fingerprint density at radius 3 is 2.58 bits per heavy atom. The number of phenolic OH excluding ortho intramolecular Hbond substituents is 1. The van der Waals surface area contributed by atoms with E-state index in [1.54, 1.807) is 30.3 Å². The molecule has 2 amide bonds. The van der Waals surface area contributed by atoms with Gasteiger partial charge in [0.25, 0.3) is 0 Å². The minimum atomic E-state index is -0.455. The minimum absolute atomic E-state index is 0.0102. The zero-order valence-electron chi connectivity index (χ0n) is 18.1. The number of benzene rings is 2. The van der Waals surface area contributed by atoms with Crippen LogP contribution in [0.3, 0.4) is 0 Å². The van der Waals surface area contributed by atoms with Crippen molar-refractivity contribution in [1.82, 2.24) is 15.1 Å². The summed E-state index contributed by atoms with van der Waals surface area (Å²) in [6.45, 7) is 0.0404. The summed E-state index contributed by atoms with van der Waals surface area (Å²) in [6, 6.07) is 12.5. The van der Waals surface area contributed by atoms with Gasteiger partial charge >= 0.3 is 6.03 Å². The second-order valence-electron chi connectivity index (χ2n) is 8.74. The third kappa shape index (κ3) is 4.46. The van der Waals surface area contributed by atoms with Gasteiger partial charge in [-0.25, -0.2) is 9.18 Å². The molecule has 0 radical (unpaired) electrons. The summed E-state index contributed by atoms with van der Waals surface area (Å²) in [5.74, 6) is -0.140. The summed E-state index contributed by atoms with van der Waals surface area (Å²) >= 11 is 0. The monoisotopic (exact) mass is 448 g/mol. The van der Waals surface area contributed by atoms with Gasteiger partial charge in [-0.1, -0.05) is 24.6 Å². The zero-order valence-corrected chi connectivity index (χ0v) is 18.1. The predicted octanol–water partition coefficient (Wildman–Crippen LogP) is 4.77. The van der Waals surface area contributed by atoms with Crippen molar-refractivity contribution in [3.63, 3.8) is 0 Å². The third-order valence-corrected chi connectivity index (χ3v) is 6.33. The number of nitrogens with zero attached hydrogens (tertiary/aromatic N) is 2. The molecule has 2 aliphatic rings. The average molecular weight is 448 g/mol. The van der Waals surface area contributed by atoms with Crippen molar-refractivity contribution in [1.29, 1.82) is 0 Å². The van der Waals surface area contributed by atoms with E-state index >= 15 is 0 Å². The maximum atomic E-state index is 13.9. The fraction of sp³-hybridized carbons (Fsp3) is 0.320. The molecule has 0 aliphatic heterocycles. The van der Waals surface area contributed by atoms with Gasteiger partial charge in [0.15, 0.2) is 0 Å². The Hall–Kier alpha value is -3.68. The summed E-state index contributed by atoms with van der Waals surface area (Å²) in [4.78, 5) is 25.1. The van der Waals surface area contributed by atoms with Crippen LogP contribution >= 0.6 is 0 Å². The first kappa shape index (κ1) is 21.2. The molecule has 0 unspecified atom stereocenters. The van der Waals surface area contributed by atoms with Gasteiger partial charge in [-0.2, -0.15) is 9.78 Å². The lowest BCUT2D eigenvalue weighted by Gasteiger charge is -2.25. The average Bonchev–Trinajstić information content (AvgIpc) is 3.54. The van der Waals surface area contributed by atoms with E-state index in [0.717, 1.165) is 37.8 Å². The number of nitrogens with one attached hydrogen (secondary N) is 2. The molecule has 0 saturated heterocycles. The van der Waals surface area contributed by atoms with E-state index in [-0.39, 0.29) is 35.9 Å². The van der Waals surface area contributed by atoms with E-state index in [9.17, 15) is 19.1 Å². The van der Waals surface area contributed by atoms with Crippen molar-refractivity contribution >= 4 is 17.6 Å². The predicted molar refractivity (Wildman–Crippen MR) is 121 cm³/mol. The number of rotatable bonds is 6. The minimum Gasteiger partial charge on any atom is -0.507 e. The highest BCUT2D eigenvalue weighted by Gasteiger charge is 2.30. The van der Waals surface area contributed by atoms with Crippen LogP contribution in [0.2, 0.25) is 0 Å². The topological polar surface area (TPSA) is 96.2 Å². The van der Waals surface area contributed by atoms with Crippen molar-refractivity contribution < 1.29 is 19.1 Å². The molecule has 2 aliphatic carbocycles. The number of hydrogen-bond acceptors (Lipinski definition) is 4. The SMILES string of the molecule is O=C(Nc1ccc(O)c(-c2cc(C3CCC3)n(C(=O)NCc3ccccc3F)n2)c1)C1CC1. The Kier molecular flexibility index (Phi) is 5.58. The van der Waals surface area contributed by atoms with Crippen molar-refractivity contribution in [2.45, 2.75) is 44.6 Å². The number of carbonyl (C=O) groups is 2. The second kappa shape index (κ2) is 8.69. The zero-order chi connectivity index (χ0) is 22.9. The lowest BCUT2D eigenvalue weighted by molar-refractivity contribution is -0.117. The van der Waals surface area contributed by atoms with Crippen LogP contribution in [0.15, 0.2) is 48.5 Å². The molecule has 33 heavy (non-hydrogen) atoms. The van der Waals surface area contributed by atoms with Crippen LogP contribution in [0.25, 0.3) is 11.3 Å². The maximum Gasteiger partial charge on any atom is 0.342 e. The molecule has 1 aromatic heterocycles. The smallest absolute Gasteiger partial charge is 0.342 e. The van der Waals surface area contributed by atoms with Crippen molar-refractivity contribution in [3.8, 4) is 17.0 Å². The van der Waals surface area contributed by atoms with Gasteiger partial charge in [0.1, 0.15) is 11.6 Å². The Morgan fingerprint density at radius 2 is 1.88 bits per heavy atom. The molecule has 0 atom stereocenters. The van der Waals surface area contributed by atoms with Crippen LogP contribution in [0.4, 0.5) is 14.9 Å². The van der Waals surface area contributed by atoms with Crippen molar-refractivity contribution in [2.75, 3.05) is 5.32 Å². The number of phenols is 1. The molecule has 170 valence electrons. The van der Waals surface area contributed by atoms with E-state index < -0.39 is 6.03 Å². The number of carbonyl (C=O) groups excluding carboxylic acids is 2. The lowest BCUT2D eigenvalue weighted by Crippen LogP contribution is -2.31. The molecule has 3 aromatic rings. The maximum absolute atomic E-state index is 13.9. The molecule has 8 heteroatoms. The third-order valence-electron chi connectivity index (χ3n) is 6.33. The normalized spacial score (nSPS) is 15.7. The van der Waals surface area contributed by atoms with Gasteiger partial charge in [-0.05, 0) is 56.0 Å². The molecule has 0 spiro atoms. The van der Waals surface area contributed by atoms with Gasteiger partial charge in [0.05, 0.1) is 11.4 Å². The van der Waals surface area contributed by atoms with Gasteiger partial charge in [0, 0.05) is 35.2 Å². The molecule has 7 nitrogen and oxygen atoms in total. The number of hydrogen-bond donors (Lipinski definition) is 3. The number of halogens is 1. The standard InChI is InChI=1S/C25H25FN4O3/c26-20-7-2-1-4-17(20)14-27-25(33)30-22(15-5-3-6-15)13-21(29-30)19-12-18(10-11-23(19)31)28-24(32)16-8-9-16/h1-2,4,7,10-13,15-16,31H,3,5-6,8-9,14H2,(H,27,33)(H,28,32). The molecule has 1 heterocycles. The molecule has 0 bridgehead atoms. The van der Waals surface area contributed by atoms with Crippen LogP contribution in [0, 0.1) is 11.7 Å². The molecule has 2 aromatic carbocycles. The van der Waals surface area contributed by atoms with Crippen LogP contribution < -0.4 is 10.6 Å². The van der Waals surface area contributed by atoms with Crippen molar-refractivity contribution in [2.24, 2.45) is 5.92 Å². The van der Waals surface area contributed by atoms with Crippen LogP contribution in [-0.2, 0) is 11.3 Å². The fourth-order valence-corrected chi connectivity index (χ4v) is 3.98. The Balaban J connectivity index is 1.41. The van der Waals surface area contributed by atoms with Crippen LogP contribution in [0.1, 0.15) is 49.3 Å². The summed E-state index contributed by atoms with van der Waals surface area (Å²) in [6.07, 6.45) is 4.78. The number of anilines is 1. The highest BCUT2D eigenvalue weighted by atomic mass is 19.1. The lowest BCUT2D eigenvalue weighted by atomic mass is 9.82. The Bertz CT molecular complexity index is 1210.